The normalized spacial score (nSPS) is 25.0. The van der Waals surface area contributed by atoms with Gasteiger partial charge in [0.25, 0.3) is 0 Å². The minimum atomic E-state index is 0.631. The van der Waals surface area contributed by atoms with E-state index >= 15 is 0 Å². The molecule has 0 radical (unpaired) electrons. The molecule has 1 aliphatic rings. The fraction of sp³-hybridized carbons (Fsp3) is 0.500. The lowest BCUT2D eigenvalue weighted by molar-refractivity contribution is 0.361. The lowest BCUT2D eigenvalue weighted by Gasteiger charge is -2.27. The molecule has 3 rings (SSSR count). The molecule has 3 nitrogen and oxygen atoms in total. The molecule has 90 valence electrons. The molecule has 0 saturated heterocycles. The van der Waals surface area contributed by atoms with Gasteiger partial charge in [0, 0.05) is 29.5 Å². The summed E-state index contributed by atoms with van der Waals surface area (Å²) in [4.78, 5) is 7.46. The zero-order chi connectivity index (χ0) is 11.7. The second kappa shape index (κ2) is 4.40. The summed E-state index contributed by atoms with van der Waals surface area (Å²) in [5, 5.41) is 4.87. The van der Waals surface area contributed by atoms with Crippen LogP contribution in [0, 0.1) is 5.92 Å². The van der Waals surface area contributed by atoms with Gasteiger partial charge in [0.15, 0.2) is 0 Å². The van der Waals surface area contributed by atoms with Crippen LogP contribution in [0.5, 0.6) is 0 Å². The van der Waals surface area contributed by atoms with Crippen molar-refractivity contribution in [2.45, 2.75) is 38.6 Å². The van der Waals surface area contributed by atoms with Crippen molar-refractivity contribution < 1.29 is 0 Å². The summed E-state index contributed by atoms with van der Waals surface area (Å²) in [5.74, 6) is 0.901. The third-order valence-corrected chi connectivity index (χ3v) is 3.84. The quantitative estimate of drug-likeness (QED) is 0.826. The molecule has 2 N–H and O–H groups in total. The molecular formula is C14H19N3. The number of pyridine rings is 1. The Morgan fingerprint density at radius 3 is 2.88 bits per heavy atom. The topological polar surface area (TPSA) is 40.7 Å². The summed E-state index contributed by atoms with van der Waals surface area (Å²) in [6.07, 6.45) is 9.08. The van der Waals surface area contributed by atoms with E-state index in [1.54, 1.807) is 0 Å². The van der Waals surface area contributed by atoms with Crippen LogP contribution in [-0.4, -0.2) is 16.0 Å². The Morgan fingerprint density at radius 2 is 2.06 bits per heavy atom. The number of anilines is 1. The number of aromatic nitrogens is 2. The molecule has 1 fully saturated rings. The molecule has 2 aromatic rings. The molecule has 1 aliphatic carbocycles. The zero-order valence-corrected chi connectivity index (χ0v) is 10.2. The molecular weight excluding hydrogens is 210 g/mol. The zero-order valence-electron chi connectivity index (χ0n) is 10.2. The number of hydrogen-bond acceptors (Lipinski definition) is 2. The van der Waals surface area contributed by atoms with Gasteiger partial charge in [-0.15, -0.1) is 0 Å². The van der Waals surface area contributed by atoms with Gasteiger partial charge >= 0.3 is 0 Å². The van der Waals surface area contributed by atoms with Crippen LogP contribution in [0.3, 0.4) is 0 Å². The van der Waals surface area contributed by atoms with Gasteiger partial charge in [-0.25, -0.2) is 4.98 Å². The molecule has 0 unspecified atom stereocenters. The van der Waals surface area contributed by atoms with Crippen LogP contribution in [-0.2, 0) is 0 Å². The number of H-pyrrole nitrogens is 1. The van der Waals surface area contributed by atoms with E-state index in [1.165, 1.54) is 36.8 Å². The van der Waals surface area contributed by atoms with Crippen LogP contribution in [0.15, 0.2) is 24.5 Å². The van der Waals surface area contributed by atoms with Gasteiger partial charge in [-0.05, 0) is 43.7 Å². The molecule has 1 saturated carbocycles. The van der Waals surface area contributed by atoms with Crippen LogP contribution in [0.2, 0.25) is 0 Å². The van der Waals surface area contributed by atoms with E-state index in [4.69, 9.17) is 0 Å². The molecule has 0 aromatic carbocycles. The maximum absolute atomic E-state index is 4.31. The predicted molar refractivity (Wildman–Crippen MR) is 71.1 cm³/mol. The molecule has 3 heteroatoms. The monoisotopic (exact) mass is 229 g/mol. The second-order valence-electron chi connectivity index (χ2n) is 5.20. The standard InChI is InChI=1S/C14H19N3/c1-10-2-4-11(5-3-10)17-13-7-9-16-14-12(13)6-8-15-14/h6-11H,2-5H2,1H3,(H2,15,16,17)/t10-,11-. The molecule has 0 aliphatic heterocycles. The van der Waals surface area contributed by atoms with Crippen LogP contribution < -0.4 is 5.32 Å². The van der Waals surface area contributed by atoms with Gasteiger partial charge in [-0.2, -0.15) is 0 Å². The van der Waals surface area contributed by atoms with Crippen LogP contribution in [0.25, 0.3) is 11.0 Å². The summed E-state index contributed by atoms with van der Waals surface area (Å²) in [6, 6.07) is 4.80. The molecule has 2 aromatic heterocycles. The van der Waals surface area contributed by atoms with Crippen molar-refractivity contribution >= 4 is 16.7 Å². The summed E-state index contributed by atoms with van der Waals surface area (Å²) in [7, 11) is 0. The Morgan fingerprint density at radius 1 is 1.24 bits per heavy atom. The van der Waals surface area contributed by atoms with E-state index in [-0.39, 0.29) is 0 Å². The van der Waals surface area contributed by atoms with Crippen LogP contribution in [0.1, 0.15) is 32.6 Å². The van der Waals surface area contributed by atoms with Crippen molar-refractivity contribution in [3.63, 3.8) is 0 Å². The van der Waals surface area contributed by atoms with Crippen molar-refractivity contribution in [2.75, 3.05) is 5.32 Å². The third-order valence-electron chi connectivity index (χ3n) is 3.84. The van der Waals surface area contributed by atoms with Crippen molar-refractivity contribution in [3.8, 4) is 0 Å². The molecule has 2 heterocycles. The van der Waals surface area contributed by atoms with E-state index in [2.05, 4.69) is 34.3 Å². The highest BCUT2D eigenvalue weighted by Crippen LogP contribution is 2.28. The molecule has 0 spiro atoms. The highest BCUT2D eigenvalue weighted by molar-refractivity contribution is 5.89. The van der Waals surface area contributed by atoms with Gasteiger partial charge in [0.05, 0.1) is 0 Å². The number of aromatic amines is 1. The summed E-state index contributed by atoms with van der Waals surface area (Å²) in [5.41, 5.74) is 2.19. The Hall–Kier alpha value is -1.51. The predicted octanol–water partition coefficient (Wildman–Crippen LogP) is 3.55. The van der Waals surface area contributed by atoms with E-state index < -0.39 is 0 Å². The fourth-order valence-electron chi connectivity index (χ4n) is 2.71. The number of nitrogens with zero attached hydrogens (tertiary/aromatic N) is 1. The fourth-order valence-corrected chi connectivity index (χ4v) is 2.71. The van der Waals surface area contributed by atoms with Crippen molar-refractivity contribution in [3.05, 3.63) is 24.5 Å². The van der Waals surface area contributed by atoms with Gasteiger partial charge < -0.3 is 10.3 Å². The third kappa shape index (κ3) is 2.14. The van der Waals surface area contributed by atoms with Crippen molar-refractivity contribution in [1.29, 1.82) is 0 Å². The van der Waals surface area contributed by atoms with Gasteiger partial charge in [-0.3, -0.25) is 0 Å². The summed E-state index contributed by atoms with van der Waals surface area (Å²) in [6.45, 7) is 2.35. The maximum Gasteiger partial charge on any atom is 0.139 e. The van der Waals surface area contributed by atoms with Gasteiger partial charge in [0.2, 0.25) is 0 Å². The number of rotatable bonds is 2. The average molecular weight is 229 g/mol. The van der Waals surface area contributed by atoms with E-state index in [9.17, 15) is 0 Å². The van der Waals surface area contributed by atoms with Gasteiger partial charge in [0.1, 0.15) is 5.65 Å². The highest BCUT2D eigenvalue weighted by Gasteiger charge is 2.18. The molecule has 0 bridgehead atoms. The lowest BCUT2D eigenvalue weighted by Crippen LogP contribution is -2.25. The van der Waals surface area contributed by atoms with Crippen LogP contribution >= 0.6 is 0 Å². The first-order chi connectivity index (χ1) is 8.33. The summed E-state index contributed by atoms with van der Waals surface area (Å²) < 4.78 is 0. The van der Waals surface area contributed by atoms with E-state index in [1.807, 2.05) is 12.4 Å². The largest absolute Gasteiger partial charge is 0.382 e. The minimum Gasteiger partial charge on any atom is -0.382 e. The number of hydrogen-bond donors (Lipinski definition) is 2. The lowest BCUT2D eigenvalue weighted by atomic mass is 9.87. The first-order valence-electron chi connectivity index (χ1n) is 6.51. The first-order valence-corrected chi connectivity index (χ1v) is 6.51. The highest BCUT2D eigenvalue weighted by atomic mass is 14.9. The van der Waals surface area contributed by atoms with E-state index in [0.29, 0.717) is 6.04 Å². The second-order valence-corrected chi connectivity index (χ2v) is 5.20. The molecule has 17 heavy (non-hydrogen) atoms. The Kier molecular flexibility index (Phi) is 2.75. The summed E-state index contributed by atoms with van der Waals surface area (Å²) >= 11 is 0. The Bertz CT molecular complexity index is 495. The smallest absolute Gasteiger partial charge is 0.139 e. The van der Waals surface area contributed by atoms with Gasteiger partial charge in [-0.1, -0.05) is 6.92 Å². The average Bonchev–Trinajstić information content (AvgIpc) is 2.81. The van der Waals surface area contributed by atoms with Crippen LogP contribution in [0.4, 0.5) is 5.69 Å². The maximum atomic E-state index is 4.31. The van der Waals surface area contributed by atoms with E-state index in [0.717, 1.165) is 11.6 Å². The number of nitrogens with one attached hydrogen (secondary N) is 2. The van der Waals surface area contributed by atoms with Crippen molar-refractivity contribution in [2.24, 2.45) is 5.92 Å². The Labute approximate surface area is 102 Å². The number of fused-ring (bicyclic) bond motifs is 1. The molecule has 0 atom stereocenters. The molecule has 0 amide bonds. The minimum absolute atomic E-state index is 0.631. The van der Waals surface area contributed by atoms with Crippen molar-refractivity contribution in [1.82, 2.24) is 9.97 Å². The SMILES string of the molecule is C[C@H]1CC[C@H](Nc2ccnc3[nH]ccc23)CC1. The Balaban J connectivity index is 1.78. The first kappa shape index (κ1) is 10.6.